The van der Waals surface area contributed by atoms with E-state index in [2.05, 4.69) is 4.98 Å². The fourth-order valence-electron chi connectivity index (χ4n) is 1.78. The highest BCUT2D eigenvalue weighted by atomic mass is 35.5. The minimum absolute atomic E-state index is 0.0143. The number of aromatic nitrogens is 2. The van der Waals surface area contributed by atoms with Gasteiger partial charge in [-0.1, -0.05) is 23.7 Å². The van der Waals surface area contributed by atoms with Crippen LogP contribution in [-0.4, -0.2) is 9.55 Å². The molecule has 1 aromatic heterocycles. The molecule has 88 valence electrons. The van der Waals surface area contributed by atoms with E-state index in [4.69, 9.17) is 11.6 Å². The fraction of sp³-hybridized carbons (Fsp3) is 0.231. The molecule has 17 heavy (non-hydrogen) atoms. The van der Waals surface area contributed by atoms with E-state index in [-0.39, 0.29) is 5.56 Å². The van der Waals surface area contributed by atoms with E-state index in [1.807, 2.05) is 31.2 Å². The quantitative estimate of drug-likeness (QED) is 0.837. The van der Waals surface area contributed by atoms with Crippen molar-refractivity contribution in [1.82, 2.24) is 9.55 Å². The van der Waals surface area contributed by atoms with Crippen LogP contribution in [0.1, 0.15) is 18.3 Å². The second kappa shape index (κ2) is 5.15. The van der Waals surface area contributed by atoms with Crippen molar-refractivity contribution in [2.24, 2.45) is 0 Å². The summed E-state index contributed by atoms with van der Waals surface area (Å²) >= 11 is 5.93. The predicted octanol–water partition coefficient (Wildman–Crippen LogP) is 2.51. The first-order valence-corrected chi connectivity index (χ1v) is 5.87. The molecular formula is C13H13ClN2O. The van der Waals surface area contributed by atoms with E-state index in [9.17, 15) is 4.79 Å². The highest BCUT2D eigenvalue weighted by molar-refractivity contribution is 6.30. The molecule has 0 saturated carbocycles. The molecule has 2 aromatic rings. The van der Waals surface area contributed by atoms with Gasteiger partial charge in [0, 0.05) is 30.3 Å². The molecule has 4 heteroatoms. The molecule has 0 N–H and O–H groups in total. The molecule has 0 unspecified atom stereocenters. The monoisotopic (exact) mass is 248 g/mol. The van der Waals surface area contributed by atoms with Gasteiger partial charge in [0.1, 0.15) is 5.82 Å². The zero-order chi connectivity index (χ0) is 12.3. The third-order valence-corrected chi connectivity index (χ3v) is 2.82. The molecular weight excluding hydrogens is 236 g/mol. The molecule has 1 aromatic carbocycles. The molecule has 1 heterocycles. The first-order valence-electron chi connectivity index (χ1n) is 5.50. The molecule has 0 aliphatic heterocycles. The van der Waals surface area contributed by atoms with Gasteiger partial charge in [0.15, 0.2) is 0 Å². The molecule has 0 aliphatic rings. The summed E-state index contributed by atoms with van der Waals surface area (Å²) in [6, 6.07) is 9.07. The van der Waals surface area contributed by atoms with Crippen molar-refractivity contribution in [1.29, 1.82) is 0 Å². The Balaban J connectivity index is 2.36. The van der Waals surface area contributed by atoms with Crippen LogP contribution in [0.2, 0.25) is 5.02 Å². The number of hydrogen-bond acceptors (Lipinski definition) is 2. The van der Waals surface area contributed by atoms with Gasteiger partial charge in [0.2, 0.25) is 0 Å². The topological polar surface area (TPSA) is 34.9 Å². The van der Waals surface area contributed by atoms with Crippen LogP contribution < -0.4 is 5.56 Å². The Morgan fingerprint density at radius 3 is 2.88 bits per heavy atom. The summed E-state index contributed by atoms with van der Waals surface area (Å²) in [5.41, 5.74) is 1.04. The van der Waals surface area contributed by atoms with Gasteiger partial charge < -0.3 is 0 Å². The average molecular weight is 249 g/mol. The highest BCUT2D eigenvalue weighted by Gasteiger charge is 2.04. The smallest absolute Gasteiger partial charge is 0.253 e. The van der Waals surface area contributed by atoms with Crippen molar-refractivity contribution in [3.63, 3.8) is 0 Å². The van der Waals surface area contributed by atoms with Gasteiger partial charge in [-0.15, -0.1) is 0 Å². The van der Waals surface area contributed by atoms with Crippen molar-refractivity contribution in [2.45, 2.75) is 19.9 Å². The van der Waals surface area contributed by atoms with E-state index >= 15 is 0 Å². The Kier molecular flexibility index (Phi) is 3.59. The van der Waals surface area contributed by atoms with Gasteiger partial charge in [-0.3, -0.25) is 9.36 Å². The van der Waals surface area contributed by atoms with Gasteiger partial charge in [-0.05, 0) is 24.6 Å². The van der Waals surface area contributed by atoms with Crippen molar-refractivity contribution in [3.05, 3.63) is 63.3 Å². The normalized spacial score (nSPS) is 10.5. The van der Waals surface area contributed by atoms with E-state index in [0.717, 1.165) is 11.4 Å². The van der Waals surface area contributed by atoms with E-state index < -0.39 is 0 Å². The Bertz CT molecular complexity index is 578. The summed E-state index contributed by atoms with van der Waals surface area (Å²) in [5, 5.41) is 0.698. The predicted molar refractivity (Wildman–Crippen MR) is 68.4 cm³/mol. The standard InChI is InChI=1S/C13H13ClN2O/c1-2-16-12(15-7-6-13(16)17)9-10-4-3-5-11(14)8-10/h3-8H,2,9H2,1H3. The van der Waals surface area contributed by atoms with Crippen LogP contribution in [0.4, 0.5) is 0 Å². The first-order chi connectivity index (χ1) is 8.20. The van der Waals surface area contributed by atoms with Crippen LogP contribution in [0.3, 0.4) is 0 Å². The Morgan fingerprint density at radius 1 is 1.35 bits per heavy atom. The summed E-state index contributed by atoms with van der Waals surface area (Å²) < 4.78 is 1.67. The summed E-state index contributed by atoms with van der Waals surface area (Å²) in [6.45, 7) is 2.56. The molecule has 3 nitrogen and oxygen atoms in total. The summed E-state index contributed by atoms with van der Waals surface area (Å²) in [6.07, 6.45) is 2.17. The lowest BCUT2D eigenvalue weighted by Crippen LogP contribution is -2.23. The summed E-state index contributed by atoms with van der Waals surface area (Å²) in [7, 11) is 0. The molecule has 0 saturated heterocycles. The van der Waals surface area contributed by atoms with E-state index in [1.54, 1.807) is 10.8 Å². The van der Waals surface area contributed by atoms with Crippen LogP contribution in [0.25, 0.3) is 0 Å². The molecule has 0 atom stereocenters. The first kappa shape index (κ1) is 11.9. The lowest BCUT2D eigenvalue weighted by Gasteiger charge is -2.09. The molecule has 0 fully saturated rings. The van der Waals surface area contributed by atoms with Gasteiger partial charge in [0.05, 0.1) is 0 Å². The molecule has 0 spiro atoms. The van der Waals surface area contributed by atoms with E-state index in [1.165, 1.54) is 6.07 Å². The Labute approximate surface area is 105 Å². The zero-order valence-corrected chi connectivity index (χ0v) is 10.3. The minimum atomic E-state index is -0.0143. The third-order valence-electron chi connectivity index (χ3n) is 2.59. The number of nitrogens with zero attached hydrogens (tertiary/aromatic N) is 2. The van der Waals surface area contributed by atoms with Gasteiger partial charge >= 0.3 is 0 Å². The van der Waals surface area contributed by atoms with Gasteiger partial charge in [0.25, 0.3) is 5.56 Å². The van der Waals surface area contributed by atoms with Crippen molar-refractivity contribution >= 4 is 11.6 Å². The zero-order valence-electron chi connectivity index (χ0n) is 9.56. The SMILES string of the molecule is CCn1c(Cc2cccc(Cl)c2)nccc1=O. The van der Waals surface area contributed by atoms with Crippen molar-refractivity contribution in [2.75, 3.05) is 0 Å². The summed E-state index contributed by atoms with van der Waals surface area (Å²) in [4.78, 5) is 15.9. The Hall–Kier alpha value is -1.61. The van der Waals surface area contributed by atoms with Crippen molar-refractivity contribution in [3.8, 4) is 0 Å². The van der Waals surface area contributed by atoms with Crippen LogP contribution >= 0.6 is 11.6 Å². The largest absolute Gasteiger partial charge is 0.297 e. The van der Waals surface area contributed by atoms with Gasteiger partial charge in [-0.2, -0.15) is 0 Å². The fourth-order valence-corrected chi connectivity index (χ4v) is 2.00. The number of benzene rings is 1. The molecule has 0 bridgehead atoms. The van der Waals surface area contributed by atoms with Crippen LogP contribution in [-0.2, 0) is 13.0 Å². The van der Waals surface area contributed by atoms with Crippen molar-refractivity contribution < 1.29 is 0 Å². The number of halogens is 1. The second-order valence-corrected chi connectivity index (χ2v) is 4.19. The van der Waals surface area contributed by atoms with Crippen LogP contribution in [0, 0.1) is 0 Å². The van der Waals surface area contributed by atoms with E-state index in [0.29, 0.717) is 18.0 Å². The Morgan fingerprint density at radius 2 is 2.18 bits per heavy atom. The minimum Gasteiger partial charge on any atom is -0.297 e. The highest BCUT2D eigenvalue weighted by Crippen LogP contribution is 2.13. The number of hydrogen-bond donors (Lipinski definition) is 0. The lowest BCUT2D eigenvalue weighted by molar-refractivity contribution is 0.658. The lowest BCUT2D eigenvalue weighted by atomic mass is 10.1. The molecule has 2 rings (SSSR count). The molecule has 0 radical (unpaired) electrons. The maximum Gasteiger partial charge on any atom is 0.253 e. The van der Waals surface area contributed by atoms with Gasteiger partial charge in [-0.25, -0.2) is 4.98 Å². The van der Waals surface area contributed by atoms with Crippen LogP contribution in [0.5, 0.6) is 0 Å². The summed E-state index contributed by atoms with van der Waals surface area (Å²) in [5.74, 6) is 0.766. The third kappa shape index (κ3) is 2.74. The average Bonchev–Trinajstić information content (AvgIpc) is 2.29. The molecule has 0 aliphatic carbocycles. The second-order valence-electron chi connectivity index (χ2n) is 3.75. The maximum absolute atomic E-state index is 11.6. The van der Waals surface area contributed by atoms with Crippen LogP contribution in [0.15, 0.2) is 41.3 Å². The maximum atomic E-state index is 11.6. The number of rotatable bonds is 3. The molecule has 0 amide bonds.